The summed E-state index contributed by atoms with van der Waals surface area (Å²) >= 11 is 0. The summed E-state index contributed by atoms with van der Waals surface area (Å²) in [5.41, 5.74) is 3.34. The zero-order valence-corrected chi connectivity index (χ0v) is 15.3. The van der Waals surface area contributed by atoms with Crippen LogP contribution in [-0.2, 0) is 11.2 Å². The Morgan fingerprint density at radius 1 is 1.08 bits per heavy atom. The Kier molecular flexibility index (Phi) is 6.00. The first-order valence-corrected chi connectivity index (χ1v) is 8.97. The van der Waals surface area contributed by atoms with Crippen molar-refractivity contribution in [3.05, 3.63) is 53.1 Å². The number of hydrogen-bond donors (Lipinski definition) is 1. The summed E-state index contributed by atoms with van der Waals surface area (Å²) < 4.78 is 16.8. The van der Waals surface area contributed by atoms with E-state index in [-0.39, 0.29) is 5.91 Å². The van der Waals surface area contributed by atoms with Crippen LogP contribution in [0.3, 0.4) is 0 Å². The Morgan fingerprint density at radius 2 is 1.88 bits per heavy atom. The number of rotatable bonds is 7. The van der Waals surface area contributed by atoms with Gasteiger partial charge in [0.25, 0.3) is 0 Å². The highest BCUT2D eigenvalue weighted by Crippen LogP contribution is 2.30. The van der Waals surface area contributed by atoms with Gasteiger partial charge in [-0.2, -0.15) is 0 Å². The smallest absolute Gasteiger partial charge is 0.223 e. The maximum Gasteiger partial charge on any atom is 0.223 e. The molecule has 0 atom stereocenters. The lowest BCUT2D eigenvalue weighted by Crippen LogP contribution is -2.27. The molecular formula is C21H25NO4. The monoisotopic (exact) mass is 355 g/mol. The van der Waals surface area contributed by atoms with Crippen molar-refractivity contribution in [3.8, 4) is 17.2 Å². The Balaban J connectivity index is 1.38. The first kappa shape index (κ1) is 18.1. The van der Waals surface area contributed by atoms with Crippen molar-refractivity contribution in [2.45, 2.75) is 26.7 Å². The van der Waals surface area contributed by atoms with Gasteiger partial charge in [0.05, 0.1) is 13.0 Å². The molecule has 5 heteroatoms. The third kappa shape index (κ3) is 4.91. The summed E-state index contributed by atoms with van der Waals surface area (Å²) in [4.78, 5) is 12.0. The van der Waals surface area contributed by atoms with Gasteiger partial charge in [-0.25, -0.2) is 0 Å². The molecule has 0 saturated carbocycles. The third-order valence-electron chi connectivity index (χ3n) is 4.27. The third-order valence-corrected chi connectivity index (χ3v) is 4.27. The van der Waals surface area contributed by atoms with Gasteiger partial charge in [-0.1, -0.05) is 18.2 Å². The molecule has 2 aromatic carbocycles. The van der Waals surface area contributed by atoms with Gasteiger partial charge in [0.2, 0.25) is 5.91 Å². The second-order valence-corrected chi connectivity index (χ2v) is 6.45. The Bertz CT molecular complexity index is 773. The van der Waals surface area contributed by atoms with Gasteiger partial charge in [0, 0.05) is 6.54 Å². The number of amides is 1. The van der Waals surface area contributed by atoms with Crippen molar-refractivity contribution < 1.29 is 19.0 Å². The number of hydrogen-bond acceptors (Lipinski definition) is 4. The van der Waals surface area contributed by atoms with Gasteiger partial charge in [0.1, 0.15) is 19.0 Å². The van der Waals surface area contributed by atoms with E-state index in [1.165, 1.54) is 0 Å². The fourth-order valence-corrected chi connectivity index (χ4v) is 2.79. The van der Waals surface area contributed by atoms with Crippen molar-refractivity contribution in [1.82, 2.24) is 5.32 Å². The summed E-state index contributed by atoms with van der Waals surface area (Å²) in [7, 11) is 0. The van der Waals surface area contributed by atoms with Crippen molar-refractivity contribution in [1.29, 1.82) is 0 Å². The zero-order chi connectivity index (χ0) is 18.4. The van der Waals surface area contributed by atoms with E-state index in [1.807, 2.05) is 50.2 Å². The second kappa shape index (κ2) is 8.61. The minimum absolute atomic E-state index is 0.00662. The molecule has 0 bridgehead atoms. The van der Waals surface area contributed by atoms with Gasteiger partial charge < -0.3 is 19.5 Å². The van der Waals surface area contributed by atoms with Gasteiger partial charge in [-0.05, 0) is 55.2 Å². The normalized spacial score (nSPS) is 12.5. The predicted octanol–water partition coefficient (Wildman–Crippen LogP) is 3.20. The van der Waals surface area contributed by atoms with E-state index in [0.29, 0.717) is 32.8 Å². The van der Waals surface area contributed by atoms with Gasteiger partial charge in [0.15, 0.2) is 11.5 Å². The highest BCUT2D eigenvalue weighted by molar-refractivity contribution is 5.76. The van der Waals surface area contributed by atoms with Crippen LogP contribution in [0.15, 0.2) is 36.4 Å². The Morgan fingerprint density at radius 3 is 2.73 bits per heavy atom. The molecule has 5 nitrogen and oxygen atoms in total. The molecule has 1 aliphatic rings. The summed E-state index contributed by atoms with van der Waals surface area (Å²) in [6, 6.07) is 12.0. The largest absolute Gasteiger partial charge is 0.493 e. The van der Waals surface area contributed by atoms with Crippen LogP contribution in [0.1, 0.15) is 23.1 Å². The molecule has 0 spiro atoms. The summed E-state index contributed by atoms with van der Waals surface area (Å²) in [5.74, 6) is 2.40. The molecule has 0 fully saturated rings. The van der Waals surface area contributed by atoms with Gasteiger partial charge >= 0.3 is 0 Å². The maximum atomic E-state index is 12.0. The fraction of sp³-hybridized carbons (Fsp3) is 0.381. The number of nitrogens with one attached hydrogen (secondary N) is 1. The zero-order valence-electron chi connectivity index (χ0n) is 15.3. The molecular weight excluding hydrogens is 330 g/mol. The number of carbonyl (C=O) groups excluding carboxylic acids is 1. The first-order chi connectivity index (χ1) is 12.6. The lowest BCUT2D eigenvalue weighted by Gasteiger charge is -2.18. The van der Waals surface area contributed by atoms with E-state index in [9.17, 15) is 4.79 Å². The van der Waals surface area contributed by atoms with Crippen LogP contribution < -0.4 is 19.5 Å². The minimum Gasteiger partial charge on any atom is -0.493 e. The SMILES string of the molecule is Cc1ccc(C)c(OCCC(=O)NCCc2ccc3c(c2)OCCO3)c1. The quantitative estimate of drug-likeness (QED) is 0.829. The van der Waals surface area contributed by atoms with Gasteiger partial charge in [-0.3, -0.25) is 4.79 Å². The van der Waals surface area contributed by atoms with Crippen LogP contribution in [0.4, 0.5) is 0 Å². The number of aryl methyl sites for hydroxylation is 2. The molecule has 138 valence electrons. The molecule has 26 heavy (non-hydrogen) atoms. The number of benzene rings is 2. The molecule has 0 aliphatic carbocycles. The maximum absolute atomic E-state index is 12.0. The van der Waals surface area contributed by atoms with Crippen molar-refractivity contribution in [3.63, 3.8) is 0 Å². The van der Waals surface area contributed by atoms with E-state index in [4.69, 9.17) is 14.2 Å². The van der Waals surface area contributed by atoms with Gasteiger partial charge in [-0.15, -0.1) is 0 Å². The van der Waals surface area contributed by atoms with E-state index in [2.05, 4.69) is 5.32 Å². The van der Waals surface area contributed by atoms with E-state index in [1.54, 1.807) is 0 Å². The predicted molar refractivity (Wildman–Crippen MR) is 100 cm³/mol. The molecule has 0 radical (unpaired) electrons. The lowest BCUT2D eigenvalue weighted by atomic mass is 10.1. The van der Waals surface area contributed by atoms with Crippen LogP contribution in [0.2, 0.25) is 0 Å². The number of carbonyl (C=O) groups is 1. The number of fused-ring (bicyclic) bond motifs is 1. The first-order valence-electron chi connectivity index (χ1n) is 8.97. The van der Waals surface area contributed by atoms with Crippen LogP contribution in [0, 0.1) is 13.8 Å². The average Bonchev–Trinajstić information content (AvgIpc) is 2.64. The Labute approximate surface area is 154 Å². The van der Waals surface area contributed by atoms with Crippen molar-refractivity contribution in [2.24, 2.45) is 0 Å². The number of ether oxygens (including phenoxy) is 3. The van der Waals surface area contributed by atoms with E-state index < -0.39 is 0 Å². The molecule has 0 aromatic heterocycles. The molecule has 0 unspecified atom stereocenters. The van der Waals surface area contributed by atoms with E-state index in [0.717, 1.165) is 40.4 Å². The highest BCUT2D eigenvalue weighted by Gasteiger charge is 2.11. The van der Waals surface area contributed by atoms with Crippen LogP contribution in [0.25, 0.3) is 0 Å². The summed E-state index contributed by atoms with van der Waals surface area (Å²) in [5, 5.41) is 2.93. The molecule has 3 rings (SSSR count). The highest BCUT2D eigenvalue weighted by atomic mass is 16.6. The lowest BCUT2D eigenvalue weighted by molar-refractivity contribution is -0.121. The molecule has 2 aromatic rings. The van der Waals surface area contributed by atoms with Crippen molar-refractivity contribution >= 4 is 5.91 Å². The van der Waals surface area contributed by atoms with Crippen LogP contribution in [0.5, 0.6) is 17.2 Å². The van der Waals surface area contributed by atoms with Crippen molar-refractivity contribution in [2.75, 3.05) is 26.4 Å². The molecule has 0 saturated heterocycles. The fourth-order valence-electron chi connectivity index (χ4n) is 2.79. The molecule has 1 N–H and O–H groups in total. The Hall–Kier alpha value is -2.69. The molecule has 1 amide bonds. The molecule has 1 aliphatic heterocycles. The average molecular weight is 355 g/mol. The van der Waals surface area contributed by atoms with Crippen LogP contribution in [-0.4, -0.2) is 32.3 Å². The second-order valence-electron chi connectivity index (χ2n) is 6.45. The van der Waals surface area contributed by atoms with E-state index >= 15 is 0 Å². The summed E-state index contributed by atoms with van der Waals surface area (Å²) in [6.45, 7) is 6.15. The summed E-state index contributed by atoms with van der Waals surface area (Å²) in [6.07, 6.45) is 1.09. The molecule has 1 heterocycles. The standard InChI is InChI=1S/C21H25NO4/c1-15-3-4-16(2)19(13-15)24-10-8-21(23)22-9-7-17-5-6-18-20(14-17)26-12-11-25-18/h3-6,13-14H,7-12H2,1-2H3,(H,22,23). The van der Waals surface area contributed by atoms with Crippen LogP contribution >= 0.6 is 0 Å². The topological polar surface area (TPSA) is 56.8 Å². The minimum atomic E-state index is -0.00662.